The molecule has 2 aliphatic heterocycles. The SMILES string of the molecule is CC(C)CC(=O)C(=O)N1CCC2(CCCN(Cc3ccc(F)cc3)C2)C1. The summed E-state index contributed by atoms with van der Waals surface area (Å²) in [7, 11) is 0. The number of carbonyl (C=O) groups is 2. The highest BCUT2D eigenvalue weighted by atomic mass is 19.1. The number of Topliss-reactive ketones (excluding diaryl/α,β-unsaturated/α-hetero) is 1. The quantitative estimate of drug-likeness (QED) is 0.757. The smallest absolute Gasteiger partial charge is 0.289 e. The molecule has 3 rings (SSSR count). The van der Waals surface area contributed by atoms with Crippen LogP contribution in [0.2, 0.25) is 0 Å². The van der Waals surface area contributed by atoms with Crippen LogP contribution >= 0.6 is 0 Å². The molecule has 1 aromatic rings. The number of rotatable bonds is 5. The molecule has 2 aliphatic rings. The van der Waals surface area contributed by atoms with Crippen molar-refractivity contribution in [3.63, 3.8) is 0 Å². The first-order valence-corrected chi connectivity index (χ1v) is 9.66. The number of halogens is 1. The topological polar surface area (TPSA) is 40.6 Å². The van der Waals surface area contributed by atoms with Gasteiger partial charge < -0.3 is 4.90 Å². The third kappa shape index (κ3) is 4.50. The van der Waals surface area contributed by atoms with Crippen molar-refractivity contribution >= 4 is 11.7 Å². The van der Waals surface area contributed by atoms with E-state index in [1.165, 1.54) is 12.1 Å². The summed E-state index contributed by atoms with van der Waals surface area (Å²) in [6, 6.07) is 6.69. The van der Waals surface area contributed by atoms with Crippen LogP contribution in [0.4, 0.5) is 4.39 Å². The first kappa shape index (κ1) is 19.0. The molecule has 142 valence electrons. The molecule has 1 amide bonds. The lowest BCUT2D eigenvalue weighted by Crippen LogP contribution is -2.45. The Hall–Kier alpha value is -1.75. The Balaban J connectivity index is 1.59. The zero-order chi connectivity index (χ0) is 18.7. The molecule has 1 aromatic carbocycles. The number of amides is 1. The molecule has 26 heavy (non-hydrogen) atoms. The summed E-state index contributed by atoms with van der Waals surface area (Å²) in [5.74, 6) is -0.550. The van der Waals surface area contributed by atoms with Crippen molar-refractivity contribution < 1.29 is 14.0 Å². The lowest BCUT2D eigenvalue weighted by molar-refractivity contribution is -0.144. The third-order valence-electron chi connectivity index (χ3n) is 5.62. The second-order valence-electron chi connectivity index (χ2n) is 8.44. The molecule has 0 bridgehead atoms. The van der Waals surface area contributed by atoms with Gasteiger partial charge in [-0.3, -0.25) is 14.5 Å². The number of hydrogen-bond acceptors (Lipinski definition) is 3. The fourth-order valence-electron chi connectivity index (χ4n) is 4.37. The van der Waals surface area contributed by atoms with Crippen molar-refractivity contribution in [2.75, 3.05) is 26.2 Å². The normalized spacial score (nSPS) is 23.8. The fourth-order valence-corrected chi connectivity index (χ4v) is 4.37. The highest BCUT2D eigenvalue weighted by Gasteiger charge is 2.43. The van der Waals surface area contributed by atoms with Crippen LogP contribution in [0.5, 0.6) is 0 Å². The van der Waals surface area contributed by atoms with E-state index < -0.39 is 0 Å². The van der Waals surface area contributed by atoms with Gasteiger partial charge in [-0.25, -0.2) is 4.39 Å². The maximum atomic E-state index is 13.1. The average Bonchev–Trinajstić information content (AvgIpc) is 2.99. The average molecular weight is 360 g/mol. The molecule has 1 unspecified atom stereocenters. The summed E-state index contributed by atoms with van der Waals surface area (Å²) in [5.41, 5.74) is 1.22. The van der Waals surface area contributed by atoms with E-state index in [-0.39, 0.29) is 28.8 Å². The fraction of sp³-hybridized carbons (Fsp3) is 0.619. The van der Waals surface area contributed by atoms with Crippen LogP contribution in [0, 0.1) is 17.2 Å². The van der Waals surface area contributed by atoms with Gasteiger partial charge in [-0.05, 0) is 49.4 Å². The number of nitrogens with zero attached hydrogens (tertiary/aromatic N) is 2. The third-order valence-corrected chi connectivity index (χ3v) is 5.62. The number of benzene rings is 1. The van der Waals surface area contributed by atoms with Crippen LogP contribution in [-0.2, 0) is 16.1 Å². The van der Waals surface area contributed by atoms with E-state index in [9.17, 15) is 14.0 Å². The Bertz CT molecular complexity index is 658. The molecule has 2 heterocycles. The maximum absolute atomic E-state index is 13.1. The molecule has 0 saturated carbocycles. The van der Waals surface area contributed by atoms with Crippen LogP contribution in [0.3, 0.4) is 0 Å². The molecule has 5 heteroatoms. The predicted molar refractivity (Wildman–Crippen MR) is 99.0 cm³/mol. The first-order valence-electron chi connectivity index (χ1n) is 9.66. The zero-order valence-corrected chi connectivity index (χ0v) is 15.8. The Kier molecular flexibility index (Phi) is 5.76. The van der Waals surface area contributed by atoms with Crippen LogP contribution in [-0.4, -0.2) is 47.7 Å². The summed E-state index contributed by atoms with van der Waals surface area (Å²) in [6.45, 7) is 8.08. The number of likely N-dealkylation sites (tertiary alicyclic amines) is 2. The Labute approximate surface area is 155 Å². The van der Waals surface area contributed by atoms with Gasteiger partial charge in [0.2, 0.25) is 5.78 Å². The summed E-state index contributed by atoms with van der Waals surface area (Å²) in [4.78, 5) is 28.7. The van der Waals surface area contributed by atoms with Gasteiger partial charge in [0.25, 0.3) is 5.91 Å². The summed E-state index contributed by atoms with van der Waals surface area (Å²) in [6.07, 6.45) is 3.50. The second-order valence-corrected chi connectivity index (χ2v) is 8.44. The number of hydrogen-bond donors (Lipinski definition) is 0. The molecule has 4 nitrogen and oxygen atoms in total. The molecule has 2 fully saturated rings. The van der Waals surface area contributed by atoms with Gasteiger partial charge in [0.05, 0.1) is 0 Å². The number of piperidine rings is 1. The molecule has 1 spiro atoms. The standard InChI is InChI=1S/C21H29FN2O2/c1-16(2)12-19(25)20(26)24-11-9-21(15-24)8-3-10-23(14-21)13-17-4-6-18(22)7-5-17/h4-7,16H,3,8-15H2,1-2H3. The van der Waals surface area contributed by atoms with Gasteiger partial charge in [0.1, 0.15) is 5.82 Å². The number of ketones is 1. The maximum Gasteiger partial charge on any atom is 0.289 e. The van der Waals surface area contributed by atoms with E-state index in [4.69, 9.17) is 0 Å². The van der Waals surface area contributed by atoms with Crippen molar-refractivity contribution in [1.29, 1.82) is 0 Å². The molecular weight excluding hydrogens is 331 g/mol. The number of carbonyl (C=O) groups excluding carboxylic acids is 2. The van der Waals surface area contributed by atoms with Gasteiger partial charge in [-0.15, -0.1) is 0 Å². The zero-order valence-electron chi connectivity index (χ0n) is 15.8. The Morgan fingerprint density at radius 1 is 1.12 bits per heavy atom. The van der Waals surface area contributed by atoms with Crippen LogP contribution in [0.15, 0.2) is 24.3 Å². The summed E-state index contributed by atoms with van der Waals surface area (Å²) >= 11 is 0. The van der Waals surface area contributed by atoms with Crippen molar-refractivity contribution in [3.05, 3.63) is 35.6 Å². The molecular formula is C21H29FN2O2. The van der Waals surface area contributed by atoms with Gasteiger partial charge >= 0.3 is 0 Å². The lowest BCUT2D eigenvalue weighted by Gasteiger charge is -2.40. The van der Waals surface area contributed by atoms with E-state index in [0.717, 1.165) is 44.5 Å². The molecule has 0 N–H and O–H groups in total. The molecule has 0 aliphatic carbocycles. The molecule has 0 radical (unpaired) electrons. The van der Waals surface area contributed by atoms with Crippen LogP contribution in [0.1, 0.15) is 45.1 Å². The second kappa shape index (κ2) is 7.87. The molecule has 2 saturated heterocycles. The van der Waals surface area contributed by atoms with Crippen molar-refractivity contribution in [2.24, 2.45) is 11.3 Å². The van der Waals surface area contributed by atoms with Crippen molar-refractivity contribution in [2.45, 2.75) is 46.1 Å². The monoisotopic (exact) mass is 360 g/mol. The van der Waals surface area contributed by atoms with Crippen molar-refractivity contribution in [3.8, 4) is 0 Å². The van der Waals surface area contributed by atoms with Crippen LogP contribution in [0.25, 0.3) is 0 Å². The van der Waals surface area contributed by atoms with Gasteiger partial charge in [-0.2, -0.15) is 0 Å². The Morgan fingerprint density at radius 2 is 1.85 bits per heavy atom. The van der Waals surface area contributed by atoms with Crippen LogP contribution < -0.4 is 0 Å². The Morgan fingerprint density at radius 3 is 2.54 bits per heavy atom. The lowest BCUT2D eigenvalue weighted by atomic mass is 9.79. The predicted octanol–water partition coefficient (Wildman–Crippen LogP) is 3.26. The van der Waals surface area contributed by atoms with E-state index >= 15 is 0 Å². The highest BCUT2D eigenvalue weighted by molar-refractivity contribution is 6.36. The van der Waals surface area contributed by atoms with E-state index in [1.807, 2.05) is 26.0 Å². The summed E-state index contributed by atoms with van der Waals surface area (Å²) < 4.78 is 13.1. The summed E-state index contributed by atoms with van der Waals surface area (Å²) in [5, 5.41) is 0. The van der Waals surface area contributed by atoms with Gasteiger partial charge in [-0.1, -0.05) is 26.0 Å². The van der Waals surface area contributed by atoms with Gasteiger partial charge in [0, 0.05) is 38.0 Å². The highest BCUT2D eigenvalue weighted by Crippen LogP contribution is 2.39. The molecule has 0 aromatic heterocycles. The van der Waals surface area contributed by atoms with E-state index in [1.54, 1.807) is 4.90 Å². The first-order chi connectivity index (χ1) is 12.4. The molecule has 1 atom stereocenters. The minimum absolute atomic E-state index is 0.103. The van der Waals surface area contributed by atoms with Gasteiger partial charge in [0.15, 0.2) is 0 Å². The van der Waals surface area contributed by atoms with E-state index in [0.29, 0.717) is 19.5 Å². The van der Waals surface area contributed by atoms with E-state index in [2.05, 4.69) is 4.90 Å². The largest absolute Gasteiger partial charge is 0.335 e. The minimum atomic E-state index is -0.300. The van der Waals surface area contributed by atoms with Crippen molar-refractivity contribution in [1.82, 2.24) is 9.80 Å². The minimum Gasteiger partial charge on any atom is -0.335 e.